The van der Waals surface area contributed by atoms with Gasteiger partial charge in [-0.3, -0.25) is 0 Å². The van der Waals surface area contributed by atoms with Crippen LogP contribution in [0.4, 0.5) is 0 Å². The van der Waals surface area contributed by atoms with Crippen molar-refractivity contribution in [2.75, 3.05) is 12.5 Å². The van der Waals surface area contributed by atoms with Crippen molar-refractivity contribution in [2.45, 2.75) is 9.88 Å². The Kier molecular flexibility index (Phi) is 13.6. The summed E-state index contributed by atoms with van der Waals surface area (Å²) in [7, 11) is -7.83. The molecule has 9 heteroatoms. The Morgan fingerprint density at radius 2 is 0.846 bits per heavy atom. The van der Waals surface area contributed by atoms with Crippen LogP contribution in [0.5, 0.6) is 0 Å². The van der Waals surface area contributed by atoms with E-state index in [9.17, 15) is 0 Å². The van der Waals surface area contributed by atoms with E-state index in [1.54, 1.807) is 0 Å². The van der Waals surface area contributed by atoms with Gasteiger partial charge in [-0.05, 0) is 0 Å². The molecule has 80 valence electrons. The van der Waals surface area contributed by atoms with E-state index in [0.29, 0.717) is 12.5 Å². The second-order valence-electron chi connectivity index (χ2n) is 1.91. The van der Waals surface area contributed by atoms with Crippen LogP contribution in [0.1, 0.15) is 0 Å². The first-order valence-electron chi connectivity index (χ1n) is 2.82. The Labute approximate surface area is 89.4 Å². The summed E-state index contributed by atoms with van der Waals surface area (Å²) in [5.41, 5.74) is 0. The third-order valence-electron chi connectivity index (χ3n) is 0. The zero-order valence-electron chi connectivity index (χ0n) is 7.77. The third-order valence-corrected chi connectivity index (χ3v) is 0. The van der Waals surface area contributed by atoms with Crippen molar-refractivity contribution in [2.24, 2.45) is 0 Å². The predicted octanol–water partition coefficient (Wildman–Crippen LogP) is -0.890. The van der Waals surface area contributed by atoms with Crippen molar-refractivity contribution >= 4 is 41.4 Å². The first kappa shape index (κ1) is 19.2. The Balaban J connectivity index is -0.000000120. The average molecular weight is 339 g/mol. The first-order valence-corrected chi connectivity index (χ1v) is 12.2. The molecule has 0 heterocycles. The molecule has 0 saturated carbocycles. The molecule has 0 aromatic rings. The maximum atomic E-state index is 9.08. The van der Waals surface area contributed by atoms with Gasteiger partial charge < -0.3 is 9.11 Å². The van der Waals surface area contributed by atoms with Gasteiger partial charge in [-0.15, -0.1) is 0 Å². The van der Waals surface area contributed by atoms with Crippen molar-refractivity contribution in [1.29, 1.82) is 0 Å². The standard InChI is InChI=1S/2CH4O3S.2CH3.Sn/c2*1-5(2,3)4;;;/h2*1H3,(H,2,3,4);2*1H3;/q;;;;+2/p-2. The van der Waals surface area contributed by atoms with Gasteiger partial charge in [-0.1, -0.05) is 0 Å². The van der Waals surface area contributed by atoms with Crippen LogP contribution in [0.3, 0.4) is 0 Å². The number of hydrogen-bond donors (Lipinski definition) is 0. The molecule has 0 atom stereocenters. The summed E-state index contributed by atoms with van der Waals surface area (Å²) < 4.78 is 54.5. The quantitative estimate of drug-likeness (QED) is 0.418. The van der Waals surface area contributed by atoms with Gasteiger partial charge >= 0.3 is 31.0 Å². The molecule has 0 fully saturated rings. The van der Waals surface area contributed by atoms with E-state index >= 15 is 0 Å². The predicted molar refractivity (Wildman–Crippen MR) is 48.7 cm³/mol. The minimum absolute atomic E-state index is 0.230. The monoisotopic (exact) mass is 340 g/mol. The van der Waals surface area contributed by atoms with Gasteiger partial charge in [0, 0.05) is 12.5 Å². The van der Waals surface area contributed by atoms with Crippen molar-refractivity contribution in [1.82, 2.24) is 0 Å². The van der Waals surface area contributed by atoms with Crippen molar-refractivity contribution in [3.8, 4) is 0 Å². The molecule has 0 aliphatic carbocycles. The molecule has 0 aromatic carbocycles. The summed E-state index contributed by atoms with van der Waals surface area (Å²) in [5, 5.41) is 0. The topological polar surface area (TPSA) is 114 Å². The minimum atomic E-state index is -3.92. The molecule has 0 aliphatic heterocycles. The van der Waals surface area contributed by atoms with Crippen LogP contribution < -0.4 is 0 Å². The summed E-state index contributed by atoms with van der Waals surface area (Å²) in [4.78, 5) is 4.59. The van der Waals surface area contributed by atoms with Gasteiger partial charge in [0.15, 0.2) is 0 Å². The zero-order chi connectivity index (χ0) is 11.7. The molecule has 13 heavy (non-hydrogen) atoms. The fraction of sp³-hybridized carbons (Fsp3) is 1.00. The molecule has 0 rings (SSSR count). The summed E-state index contributed by atoms with van der Waals surface area (Å²) >= 11 is 0.230. The van der Waals surface area contributed by atoms with Crippen LogP contribution in [0, 0.1) is 0 Å². The normalized spacial score (nSPS) is 9.69. The Morgan fingerprint density at radius 3 is 0.846 bits per heavy atom. The Morgan fingerprint density at radius 1 is 0.846 bits per heavy atom. The van der Waals surface area contributed by atoms with Gasteiger partial charge in [0.25, 0.3) is 0 Å². The van der Waals surface area contributed by atoms with Crippen LogP contribution in [0.15, 0.2) is 0 Å². The van der Waals surface area contributed by atoms with Gasteiger partial charge in [-0.2, -0.15) is 0 Å². The summed E-state index contributed by atoms with van der Waals surface area (Å²) in [6.07, 6.45) is 1.21. The van der Waals surface area contributed by atoms with Crippen LogP contribution in [0.25, 0.3) is 0 Å². The van der Waals surface area contributed by atoms with Crippen LogP contribution in [-0.4, -0.2) is 59.6 Å². The molecule has 0 bridgehead atoms. The fourth-order valence-corrected chi connectivity index (χ4v) is 0. The Bertz CT molecular complexity index is 232. The van der Waals surface area contributed by atoms with E-state index in [1.165, 1.54) is 0 Å². The van der Waals surface area contributed by atoms with Crippen molar-refractivity contribution in [3.63, 3.8) is 0 Å². The average Bonchev–Trinajstić information content (AvgIpc) is 1.52. The van der Waals surface area contributed by atoms with E-state index < -0.39 is 20.2 Å². The molecule has 0 saturated heterocycles. The first-order chi connectivity index (χ1) is 5.41. The molecule has 0 unspecified atom stereocenters. The van der Waals surface area contributed by atoms with E-state index in [0.717, 1.165) is 0 Å². The van der Waals surface area contributed by atoms with Gasteiger partial charge in [0.2, 0.25) is 0 Å². The Hall–Kier alpha value is 0.619. The SMILES string of the molecule is CS(=O)(=O)[O-].CS(=O)(=O)[O-].[CH3][Sn+2][CH3]. The maximum absolute atomic E-state index is 9.08. The molecule has 0 aromatic heterocycles. The fourth-order valence-electron chi connectivity index (χ4n) is 0. The second-order valence-corrected chi connectivity index (χ2v) is 7.58. The van der Waals surface area contributed by atoms with Crippen LogP contribution in [0.2, 0.25) is 9.88 Å². The van der Waals surface area contributed by atoms with Crippen LogP contribution in [-0.2, 0) is 20.2 Å². The third kappa shape index (κ3) is 3720. The van der Waals surface area contributed by atoms with Gasteiger partial charge in [0.1, 0.15) is 0 Å². The molecule has 0 amide bonds. The van der Waals surface area contributed by atoms with Crippen molar-refractivity contribution in [3.05, 3.63) is 0 Å². The summed E-state index contributed by atoms with van der Waals surface area (Å²) in [6, 6.07) is 0. The second kappa shape index (κ2) is 9.18. The molecule has 0 radical (unpaired) electrons. The molecule has 0 spiro atoms. The summed E-state index contributed by atoms with van der Waals surface area (Å²) in [6.45, 7) is 0. The molecule has 0 aliphatic rings. The van der Waals surface area contributed by atoms with E-state index in [-0.39, 0.29) is 21.1 Å². The molecular weight excluding hydrogens is 327 g/mol. The van der Waals surface area contributed by atoms with Crippen molar-refractivity contribution < 1.29 is 25.9 Å². The van der Waals surface area contributed by atoms with E-state index in [4.69, 9.17) is 25.9 Å². The molecule has 0 N–H and O–H groups in total. The molecular formula is C4H12O6S2Sn. The molecule has 6 nitrogen and oxygen atoms in total. The zero-order valence-corrected chi connectivity index (χ0v) is 12.3. The number of hydrogen-bond acceptors (Lipinski definition) is 6. The van der Waals surface area contributed by atoms with E-state index in [1.807, 2.05) is 0 Å². The van der Waals surface area contributed by atoms with Gasteiger partial charge in [-0.25, -0.2) is 16.8 Å². The van der Waals surface area contributed by atoms with Gasteiger partial charge in [0.05, 0.1) is 20.2 Å². The van der Waals surface area contributed by atoms with E-state index in [2.05, 4.69) is 9.88 Å². The number of rotatable bonds is 0. The van der Waals surface area contributed by atoms with Crippen LogP contribution >= 0.6 is 0 Å². The summed E-state index contributed by atoms with van der Waals surface area (Å²) in [5.74, 6) is 0.